The summed E-state index contributed by atoms with van der Waals surface area (Å²) in [7, 11) is -3.29. The fraction of sp³-hybridized carbons (Fsp3) is 0.0769. The molecule has 10 heteroatoms. The zero-order chi connectivity index (χ0) is 17.2. The molecule has 0 aliphatic rings. The maximum absolute atomic E-state index is 12.5. The van der Waals surface area contributed by atoms with Crippen LogP contribution in [0.1, 0.15) is 10.5 Å². The second kappa shape index (κ2) is 6.55. The summed E-state index contributed by atoms with van der Waals surface area (Å²) in [5.41, 5.74) is -5.47. The van der Waals surface area contributed by atoms with E-state index in [0.29, 0.717) is 0 Å². The first-order valence-corrected chi connectivity index (χ1v) is 7.46. The average molecular weight is 365 g/mol. The summed E-state index contributed by atoms with van der Waals surface area (Å²) >= 11 is 5.78. The first-order valence-electron chi connectivity index (χ1n) is 5.93. The van der Waals surface area contributed by atoms with Gasteiger partial charge >= 0.3 is 5.51 Å². The molecule has 1 amide bonds. The Bertz CT molecular complexity index is 783. The number of carbonyl (C=O) groups is 1. The molecule has 23 heavy (non-hydrogen) atoms. The summed E-state index contributed by atoms with van der Waals surface area (Å²) in [6.07, 6.45) is 1.30. The Labute approximate surface area is 135 Å². The van der Waals surface area contributed by atoms with Gasteiger partial charge in [0.1, 0.15) is 11.4 Å². The van der Waals surface area contributed by atoms with Gasteiger partial charge in [0, 0.05) is 6.20 Å². The fourth-order valence-electron chi connectivity index (χ4n) is 1.60. The average Bonchev–Trinajstić information content (AvgIpc) is 2.48. The Morgan fingerprint density at radius 1 is 1.30 bits per heavy atom. The summed E-state index contributed by atoms with van der Waals surface area (Å²) in [5.74, 6) is -1.32. The Morgan fingerprint density at radius 3 is 2.61 bits per heavy atom. The highest BCUT2D eigenvalue weighted by Crippen LogP contribution is 2.31. The second-order valence-corrected chi connectivity index (χ2v) is 6.06. The van der Waals surface area contributed by atoms with E-state index in [0.717, 1.165) is 18.2 Å². The molecule has 1 unspecified atom stereocenters. The van der Waals surface area contributed by atoms with Crippen molar-refractivity contribution in [2.75, 3.05) is 5.32 Å². The smallest absolute Gasteiger partial charge is 0.475 e. The first kappa shape index (κ1) is 17.2. The van der Waals surface area contributed by atoms with Gasteiger partial charge in [-0.1, -0.05) is 11.6 Å². The number of benzene rings is 1. The van der Waals surface area contributed by atoms with Crippen LogP contribution in [-0.4, -0.2) is 25.7 Å². The van der Waals surface area contributed by atoms with Gasteiger partial charge in [-0.2, -0.15) is 13.2 Å². The van der Waals surface area contributed by atoms with Crippen LogP contribution in [0.3, 0.4) is 0 Å². The number of amides is 1. The molecule has 0 aliphatic carbocycles. The van der Waals surface area contributed by atoms with Crippen LogP contribution in [0.25, 0.3) is 0 Å². The monoisotopic (exact) mass is 364 g/mol. The van der Waals surface area contributed by atoms with Crippen molar-refractivity contribution in [1.29, 1.82) is 0 Å². The van der Waals surface area contributed by atoms with Crippen molar-refractivity contribution in [2.45, 2.75) is 10.4 Å². The number of alkyl halides is 3. The number of anilines is 1. The first-order chi connectivity index (χ1) is 10.7. The van der Waals surface area contributed by atoms with E-state index >= 15 is 0 Å². The number of hydrogen-bond donors (Lipinski definition) is 2. The predicted octanol–water partition coefficient (Wildman–Crippen LogP) is 3.32. The van der Waals surface area contributed by atoms with Crippen LogP contribution in [0.2, 0.25) is 5.02 Å². The maximum Gasteiger partial charge on any atom is 0.475 e. The summed E-state index contributed by atoms with van der Waals surface area (Å²) in [6.45, 7) is 0. The molecule has 0 saturated heterocycles. The number of phenolic OH excluding ortho intramolecular Hbond substituents is 1. The highest BCUT2D eigenvalue weighted by molar-refractivity contribution is 7.86. The number of nitrogens with zero attached hydrogens (tertiary/aromatic N) is 1. The van der Waals surface area contributed by atoms with E-state index in [4.69, 9.17) is 11.6 Å². The quantitative estimate of drug-likeness (QED) is 0.819. The lowest BCUT2D eigenvalue weighted by molar-refractivity contribution is -0.0384. The van der Waals surface area contributed by atoms with Crippen molar-refractivity contribution >= 4 is 34.0 Å². The van der Waals surface area contributed by atoms with E-state index < -0.39 is 32.9 Å². The van der Waals surface area contributed by atoms with Gasteiger partial charge in [-0.05, 0) is 30.3 Å². The van der Waals surface area contributed by atoms with E-state index in [1.165, 1.54) is 18.3 Å². The Kier molecular flexibility index (Phi) is 4.90. The molecule has 0 radical (unpaired) electrons. The topological polar surface area (TPSA) is 79.3 Å². The van der Waals surface area contributed by atoms with E-state index in [1.54, 1.807) is 0 Å². The Hall–Kier alpha value is -2.13. The van der Waals surface area contributed by atoms with E-state index in [1.807, 2.05) is 0 Å². The molecule has 5 nitrogen and oxygen atoms in total. The van der Waals surface area contributed by atoms with Crippen LogP contribution in [0.5, 0.6) is 5.75 Å². The van der Waals surface area contributed by atoms with Gasteiger partial charge in [-0.3, -0.25) is 4.79 Å². The molecule has 2 N–H and O–H groups in total. The lowest BCUT2D eigenvalue weighted by atomic mass is 10.2. The largest absolute Gasteiger partial charge is 0.506 e. The van der Waals surface area contributed by atoms with Gasteiger partial charge in [0.15, 0.2) is 10.8 Å². The summed E-state index contributed by atoms with van der Waals surface area (Å²) < 4.78 is 48.7. The summed E-state index contributed by atoms with van der Waals surface area (Å²) in [5, 5.41) is 11.8. The van der Waals surface area contributed by atoms with Crippen molar-refractivity contribution in [2.24, 2.45) is 0 Å². The van der Waals surface area contributed by atoms with Crippen LogP contribution in [0, 0.1) is 0 Å². The molecule has 0 fully saturated rings. The molecule has 1 aromatic carbocycles. The van der Waals surface area contributed by atoms with Gasteiger partial charge in [-0.15, -0.1) is 0 Å². The molecule has 0 saturated carbocycles. The number of hydrogen-bond acceptors (Lipinski definition) is 4. The molecule has 1 atom stereocenters. The van der Waals surface area contributed by atoms with Crippen molar-refractivity contribution < 1.29 is 27.3 Å². The van der Waals surface area contributed by atoms with Crippen LogP contribution in [0.4, 0.5) is 18.9 Å². The van der Waals surface area contributed by atoms with Gasteiger partial charge in [0.05, 0.1) is 15.6 Å². The van der Waals surface area contributed by atoms with Crippen molar-refractivity contribution in [3.05, 3.63) is 47.2 Å². The zero-order valence-corrected chi connectivity index (χ0v) is 12.7. The molecule has 2 rings (SSSR count). The number of phenols is 1. The van der Waals surface area contributed by atoms with E-state index in [2.05, 4.69) is 10.3 Å². The molecule has 0 spiro atoms. The molecule has 0 aliphatic heterocycles. The third-order valence-corrected chi connectivity index (χ3v) is 4.02. The van der Waals surface area contributed by atoms with Crippen LogP contribution < -0.4 is 5.32 Å². The van der Waals surface area contributed by atoms with Gasteiger partial charge in [0.25, 0.3) is 5.91 Å². The molecular formula is C13H8ClF3N2O3S. The summed E-state index contributed by atoms with van der Waals surface area (Å²) in [6, 6.07) is 5.41. The van der Waals surface area contributed by atoms with Gasteiger partial charge < -0.3 is 10.4 Å². The minimum atomic E-state index is -4.96. The number of carbonyl (C=O) groups excluding carboxylic acids is 1. The number of pyridine rings is 1. The second-order valence-electron chi connectivity index (χ2n) is 4.18. The van der Waals surface area contributed by atoms with E-state index in [9.17, 15) is 27.3 Å². The van der Waals surface area contributed by atoms with Gasteiger partial charge in [-0.25, -0.2) is 9.19 Å². The molecule has 2 aromatic rings. The van der Waals surface area contributed by atoms with Crippen LogP contribution in [-0.2, 0) is 10.8 Å². The molecule has 122 valence electrons. The maximum atomic E-state index is 12.5. The standard InChI is InChI=1S/C13H8ClF3N2O3S/c14-8-2-1-5-18-11(8)12(21)19-9-6-7(3-4-10(9)20)23(22)13(15,16)17/h1-6,20H,(H,19,21). The van der Waals surface area contributed by atoms with Crippen LogP contribution >= 0.6 is 11.6 Å². The molecule has 0 bridgehead atoms. The third-order valence-electron chi connectivity index (χ3n) is 2.61. The predicted molar refractivity (Wildman–Crippen MR) is 77.8 cm³/mol. The Morgan fingerprint density at radius 2 is 2.00 bits per heavy atom. The van der Waals surface area contributed by atoms with Crippen molar-refractivity contribution in [3.63, 3.8) is 0 Å². The van der Waals surface area contributed by atoms with Crippen molar-refractivity contribution in [1.82, 2.24) is 4.98 Å². The fourth-order valence-corrected chi connectivity index (χ4v) is 2.49. The summed E-state index contributed by atoms with van der Waals surface area (Å²) in [4.78, 5) is 15.1. The molecular weight excluding hydrogens is 357 g/mol. The zero-order valence-electron chi connectivity index (χ0n) is 11.1. The van der Waals surface area contributed by atoms with Crippen LogP contribution in [0.15, 0.2) is 41.4 Å². The number of nitrogens with one attached hydrogen (secondary N) is 1. The van der Waals surface area contributed by atoms with Crippen molar-refractivity contribution in [3.8, 4) is 5.75 Å². The normalized spacial score (nSPS) is 12.7. The highest BCUT2D eigenvalue weighted by atomic mass is 35.5. The molecule has 1 heterocycles. The minimum absolute atomic E-state index is 0.0273. The minimum Gasteiger partial charge on any atom is -0.506 e. The number of rotatable bonds is 3. The Balaban J connectivity index is 2.32. The van der Waals surface area contributed by atoms with Gasteiger partial charge in [0.2, 0.25) is 0 Å². The number of aromatic nitrogens is 1. The lowest BCUT2D eigenvalue weighted by Gasteiger charge is -2.11. The third kappa shape index (κ3) is 3.99. The lowest BCUT2D eigenvalue weighted by Crippen LogP contribution is -2.17. The van der Waals surface area contributed by atoms with E-state index in [-0.39, 0.29) is 16.4 Å². The number of aromatic hydroxyl groups is 1. The SMILES string of the molecule is O=C(Nc1cc(S(=O)C(F)(F)F)ccc1O)c1ncccc1Cl. The number of halogens is 4. The molecule has 1 aromatic heterocycles. The highest BCUT2D eigenvalue weighted by Gasteiger charge is 2.38.